The predicted octanol–water partition coefficient (Wildman–Crippen LogP) is 3.19. The van der Waals surface area contributed by atoms with Crippen LogP contribution in [0.5, 0.6) is 0 Å². The third-order valence-corrected chi connectivity index (χ3v) is 7.90. The van der Waals surface area contributed by atoms with Crippen molar-refractivity contribution in [1.82, 2.24) is 5.32 Å². The van der Waals surface area contributed by atoms with Crippen LogP contribution < -0.4 is 10.6 Å². The first-order valence-corrected chi connectivity index (χ1v) is 12.9. The lowest BCUT2D eigenvalue weighted by Gasteiger charge is -2.55. The topological polar surface area (TPSA) is 131 Å². The summed E-state index contributed by atoms with van der Waals surface area (Å²) >= 11 is 0. The van der Waals surface area contributed by atoms with Crippen molar-refractivity contribution in [2.75, 3.05) is 12.4 Å². The van der Waals surface area contributed by atoms with Gasteiger partial charge < -0.3 is 25.2 Å². The third-order valence-electron chi connectivity index (χ3n) is 7.90. The Hall–Kier alpha value is -3.46. The van der Waals surface area contributed by atoms with Crippen LogP contribution in [-0.4, -0.2) is 60.1 Å². The molecule has 1 aromatic carbocycles. The third kappa shape index (κ3) is 5.67. The maximum absolute atomic E-state index is 13.5. The molecule has 1 saturated carbocycles. The first-order valence-electron chi connectivity index (χ1n) is 12.9. The molecular weight excluding hydrogens is 488 g/mol. The van der Waals surface area contributed by atoms with Gasteiger partial charge in [0.05, 0.1) is 0 Å². The fourth-order valence-corrected chi connectivity index (χ4v) is 5.85. The van der Waals surface area contributed by atoms with Crippen molar-refractivity contribution in [2.24, 2.45) is 17.8 Å². The predicted molar refractivity (Wildman–Crippen MR) is 142 cm³/mol. The molecule has 2 aliphatic rings. The Labute approximate surface area is 223 Å². The minimum atomic E-state index is -1.56. The van der Waals surface area contributed by atoms with E-state index in [1.54, 1.807) is 38.2 Å². The van der Waals surface area contributed by atoms with E-state index in [2.05, 4.69) is 17.2 Å². The zero-order valence-electron chi connectivity index (χ0n) is 22.7. The number of Topliss-reactive ketones (excluding diaryl/α,β-unsaturated/α-hetero) is 1. The standard InChI is InChI=1S/C29H38N2O7/c1-16(2)20-12-11-18(4)29(36)22(20)13-17(3)26(37-19(5)33)27(29)38-28(35)24(31-15-32)14-25(34)21-9-7-8-10-23(21)30-6/h7-10,13,15,18,20,22,24,26-27,30,36H,1,11-12,14H2,2-6H3,(H,31,32). The molecule has 1 amide bonds. The fourth-order valence-electron chi connectivity index (χ4n) is 5.85. The van der Waals surface area contributed by atoms with Gasteiger partial charge in [0.25, 0.3) is 0 Å². The van der Waals surface area contributed by atoms with Gasteiger partial charge in [-0.1, -0.05) is 37.3 Å². The minimum absolute atomic E-state index is 0.0610. The zero-order chi connectivity index (χ0) is 28.2. The van der Waals surface area contributed by atoms with Gasteiger partial charge in [-0.05, 0) is 56.2 Å². The van der Waals surface area contributed by atoms with Crippen molar-refractivity contribution in [1.29, 1.82) is 0 Å². The van der Waals surface area contributed by atoms with Gasteiger partial charge >= 0.3 is 11.9 Å². The smallest absolute Gasteiger partial charge is 0.329 e. The molecule has 0 radical (unpaired) electrons. The van der Waals surface area contributed by atoms with Crippen LogP contribution >= 0.6 is 0 Å². The second kappa shape index (κ2) is 11.9. The van der Waals surface area contributed by atoms with Crippen LogP contribution in [0.15, 0.2) is 48.1 Å². The molecular formula is C29H38N2O7. The van der Waals surface area contributed by atoms with Crippen LogP contribution in [0.4, 0.5) is 5.69 Å². The summed E-state index contributed by atoms with van der Waals surface area (Å²) in [7, 11) is 1.68. The molecule has 0 saturated heterocycles. The molecule has 3 N–H and O–H groups in total. The van der Waals surface area contributed by atoms with Crippen molar-refractivity contribution < 1.29 is 33.8 Å². The number of amides is 1. The molecule has 38 heavy (non-hydrogen) atoms. The van der Waals surface area contributed by atoms with Gasteiger partial charge in [0, 0.05) is 37.6 Å². The summed E-state index contributed by atoms with van der Waals surface area (Å²) in [6.07, 6.45) is 1.04. The Morgan fingerprint density at radius 3 is 2.50 bits per heavy atom. The Bertz CT molecular complexity index is 1130. The van der Waals surface area contributed by atoms with Crippen LogP contribution in [0.3, 0.4) is 0 Å². The van der Waals surface area contributed by atoms with Crippen LogP contribution in [0.25, 0.3) is 0 Å². The van der Waals surface area contributed by atoms with E-state index in [-0.39, 0.29) is 24.0 Å². The Morgan fingerprint density at radius 1 is 1.21 bits per heavy atom. The number of para-hydroxylation sites is 1. The Kier molecular flexibility index (Phi) is 9.14. The lowest BCUT2D eigenvalue weighted by Crippen LogP contribution is -2.66. The summed E-state index contributed by atoms with van der Waals surface area (Å²) in [6.45, 7) is 10.9. The number of carbonyl (C=O) groups is 4. The SMILES string of the molecule is C=C(C)C1CCC(C)C2(O)C1C=C(C)C(OC(C)=O)C2OC(=O)C(CC(=O)c1ccccc1NC)NC=O. The number of ketones is 1. The second-order valence-corrected chi connectivity index (χ2v) is 10.4. The highest BCUT2D eigenvalue weighted by atomic mass is 16.6. The average Bonchev–Trinajstić information content (AvgIpc) is 2.87. The molecule has 9 heteroatoms. The van der Waals surface area contributed by atoms with Gasteiger partial charge in [-0.2, -0.15) is 0 Å². The Morgan fingerprint density at radius 2 is 1.89 bits per heavy atom. The number of hydrogen-bond donors (Lipinski definition) is 3. The maximum atomic E-state index is 13.5. The van der Waals surface area contributed by atoms with Crippen molar-refractivity contribution in [3.05, 3.63) is 53.6 Å². The average molecular weight is 527 g/mol. The quantitative estimate of drug-likeness (QED) is 0.183. The summed E-state index contributed by atoms with van der Waals surface area (Å²) in [5.74, 6) is -2.66. The molecule has 7 unspecified atom stereocenters. The first kappa shape index (κ1) is 29.1. The molecule has 0 aromatic heterocycles. The molecule has 3 rings (SSSR count). The summed E-state index contributed by atoms with van der Waals surface area (Å²) in [4.78, 5) is 50.0. The summed E-state index contributed by atoms with van der Waals surface area (Å²) < 4.78 is 11.5. The van der Waals surface area contributed by atoms with Crippen LogP contribution in [0, 0.1) is 17.8 Å². The number of allylic oxidation sites excluding steroid dienone is 1. The number of nitrogens with one attached hydrogen (secondary N) is 2. The molecule has 7 atom stereocenters. The van der Waals surface area contributed by atoms with Crippen LogP contribution in [0.2, 0.25) is 0 Å². The number of aliphatic hydroxyl groups is 1. The first-order chi connectivity index (χ1) is 17.9. The van der Waals surface area contributed by atoms with Gasteiger partial charge in [-0.25, -0.2) is 4.79 Å². The zero-order valence-corrected chi connectivity index (χ0v) is 22.7. The summed E-state index contributed by atoms with van der Waals surface area (Å²) in [5, 5.41) is 17.5. The lowest BCUT2D eigenvalue weighted by atomic mass is 9.56. The van der Waals surface area contributed by atoms with Crippen LogP contribution in [0.1, 0.15) is 57.3 Å². The van der Waals surface area contributed by atoms with Crippen molar-refractivity contribution in [3.63, 3.8) is 0 Å². The Balaban J connectivity index is 1.97. The van der Waals surface area contributed by atoms with E-state index < -0.39 is 41.7 Å². The number of anilines is 1. The van der Waals surface area contributed by atoms with Crippen molar-refractivity contribution in [3.8, 4) is 0 Å². The second-order valence-electron chi connectivity index (χ2n) is 10.4. The summed E-state index contributed by atoms with van der Waals surface area (Å²) in [6, 6.07) is 5.51. The highest BCUT2D eigenvalue weighted by Gasteiger charge is 2.60. The van der Waals surface area contributed by atoms with E-state index >= 15 is 0 Å². The highest BCUT2D eigenvalue weighted by molar-refractivity contribution is 6.03. The van der Waals surface area contributed by atoms with E-state index in [1.807, 2.05) is 19.9 Å². The number of fused-ring (bicyclic) bond motifs is 1. The summed E-state index contributed by atoms with van der Waals surface area (Å²) in [5.41, 5.74) is 0.920. The van der Waals surface area contributed by atoms with Gasteiger partial charge in [0.15, 0.2) is 18.0 Å². The normalized spacial score (nSPS) is 29.1. The molecule has 1 aromatic rings. The molecule has 0 bridgehead atoms. The van der Waals surface area contributed by atoms with E-state index in [0.29, 0.717) is 29.7 Å². The maximum Gasteiger partial charge on any atom is 0.329 e. The lowest BCUT2D eigenvalue weighted by molar-refractivity contribution is -0.221. The number of rotatable bonds is 10. The molecule has 2 aliphatic carbocycles. The number of carbonyl (C=O) groups excluding carboxylic acids is 4. The van der Waals surface area contributed by atoms with Gasteiger partial charge in [-0.15, -0.1) is 0 Å². The largest absolute Gasteiger partial charge is 0.454 e. The molecule has 1 fully saturated rings. The monoisotopic (exact) mass is 526 g/mol. The molecule has 0 heterocycles. The molecule has 9 nitrogen and oxygen atoms in total. The fraction of sp³-hybridized carbons (Fsp3) is 0.517. The number of esters is 2. The van der Waals surface area contributed by atoms with Gasteiger partial charge in [0.1, 0.15) is 11.6 Å². The highest BCUT2D eigenvalue weighted by Crippen LogP contribution is 2.52. The van der Waals surface area contributed by atoms with E-state index in [1.165, 1.54) is 6.92 Å². The number of hydrogen-bond acceptors (Lipinski definition) is 8. The number of benzene rings is 1. The molecule has 206 valence electrons. The van der Waals surface area contributed by atoms with E-state index in [0.717, 1.165) is 12.0 Å². The van der Waals surface area contributed by atoms with Crippen LogP contribution in [-0.2, 0) is 23.9 Å². The van der Waals surface area contributed by atoms with Crippen molar-refractivity contribution >= 4 is 29.8 Å². The van der Waals surface area contributed by atoms with Crippen molar-refractivity contribution in [2.45, 2.75) is 70.8 Å². The minimum Gasteiger partial charge on any atom is -0.454 e. The van der Waals surface area contributed by atoms with E-state index in [9.17, 15) is 24.3 Å². The number of ether oxygens (including phenoxy) is 2. The molecule has 0 spiro atoms. The van der Waals surface area contributed by atoms with Gasteiger partial charge in [0.2, 0.25) is 6.41 Å². The molecule has 0 aliphatic heterocycles. The van der Waals surface area contributed by atoms with Gasteiger partial charge in [-0.3, -0.25) is 14.4 Å². The van der Waals surface area contributed by atoms with E-state index in [4.69, 9.17) is 9.47 Å².